The molecule has 2 unspecified atom stereocenters. The number of rotatable bonds is 4. The fourth-order valence-electron chi connectivity index (χ4n) is 2.01. The molecule has 0 aromatic carbocycles. The van der Waals surface area contributed by atoms with Gasteiger partial charge in [-0.25, -0.2) is 4.79 Å². The molecule has 1 fully saturated rings. The molecule has 2 atom stereocenters. The zero-order chi connectivity index (χ0) is 12.1. The van der Waals surface area contributed by atoms with E-state index in [2.05, 4.69) is 4.74 Å². The summed E-state index contributed by atoms with van der Waals surface area (Å²) < 4.78 is 4.66. The molecule has 0 heterocycles. The van der Waals surface area contributed by atoms with Crippen LogP contribution in [0.15, 0.2) is 0 Å². The Hall–Kier alpha value is -1.46. The number of ketones is 1. The first-order valence-electron chi connectivity index (χ1n) is 5.38. The zero-order valence-corrected chi connectivity index (χ0v) is 9.18. The quantitative estimate of drug-likeness (QED) is 0.407. The van der Waals surface area contributed by atoms with Crippen molar-refractivity contribution >= 4 is 11.8 Å². The molecule has 0 aromatic rings. The van der Waals surface area contributed by atoms with Crippen LogP contribution in [-0.4, -0.2) is 29.3 Å². The van der Waals surface area contributed by atoms with Gasteiger partial charge in [0.2, 0.25) is 0 Å². The summed E-state index contributed by atoms with van der Waals surface area (Å²) in [6.45, 7) is 1.71. The average molecular weight is 229 g/mol. The number of carbonyl (C=O) groups excluding carboxylic acids is 2. The maximum absolute atomic E-state index is 11.4. The average Bonchev–Trinajstić information content (AvgIpc) is 2.17. The molecular formula is C10H15NO5. The summed E-state index contributed by atoms with van der Waals surface area (Å²) in [6.07, 6.45) is 1.73. The van der Waals surface area contributed by atoms with Gasteiger partial charge < -0.3 is 4.74 Å². The Morgan fingerprint density at radius 3 is 2.88 bits per heavy atom. The van der Waals surface area contributed by atoms with Gasteiger partial charge in [-0.1, -0.05) is 0 Å². The van der Waals surface area contributed by atoms with E-state index in [0.29, 0.717) is 19.3 Å². The largest absolute Gasteiger partial charge is 0.461 e. The zero-order valence-electron chi connectivity index (χ0n) is 9.18. The summed E-state index contributed by atoms with van der Waals surface area (Å²) in [5.41, 5.74) is 0. The van der Waals surface area contributed by atoms with E-state index in [1.165, 1.54) is 0 Å². The molecule has 0 aromatic heterocycles. The maximum atomic E-state index is 11.4. The molecular weight excluding hydrogens is 214 g/mol. The minimum atomic E-state index is -1.39. The highest BCUT2D eigenvalue weighted by Crippen LogP contribution is 2.26. The van der Waals surface area contributed by atoms with Crippen molar-refractivity contribution in [3.8, 4) is 0 Å². The number of Topliss-reactive ketones (excluding diaryl/α,β-unsaturated/α-hetero) is 1. The number of esters is 1. The molecule has 90 valence electrons. The van der Waals surface area contributed by atoms with Crippen molar-refractivity contribution in [3.05, 3.63) is 10.1 Å². The molecule has 16 heavy (non-hydrogen) atoms. The smallest absolute Gasteiger partial charge is 0.381 e. The topological polar surface area (TPSA) is 86.5 Å². The third kappa shape index (κ3) is 3.01. The third-order valence-electron chi connectivity index (χ3n) is 2.72. The van der Waals surface area contributed by atoms with Crippen LogP contribution >= 0.6 is 0 Å². The van der Waals surface area contributed by atoms with Crippen molar-refractivity contribution in [2.75, 3.05) is 6.61 Å². The van der Waals surface area contributed by atoms with Gasteiger partial charge in [-0.2, -0.15) is 0 Å². The predicted molar refractivity (Wildman–Crippen MR) is 54.4 cm³/mol. The van der Waals surface area contributed by atoms with Crippen LogP contribution in [0.4, 0.5) is 0 Å². The second kappa shape index (κ2) is 5.58. The Bertz CT molecular complexity index is 302. The van der Waals surface area contributed by atoms with Crippen LogP contribution in [0.25, 0.3) is 0 Å². The van der Waals surface area contributed by atoms with Gasteiger partial charge in [0.25, 0.3) is 0 Å². The first kappa shape index (κ1) is 12.6. The molecule has 6 nitrogen and oxygen atoms in total. The number of hydrogen-bond donors (Lipinski definition) is 0. The Morgan fingerprint density at radius 1 is 1.69 bits per heavy atom. The summed E-state index contributed by atoms with van der Waals surface area (Å²) in [7, 11) is 0. The molecule has 1 rings (SSSR count). The number of hydrogen-bond acceptors (Lipinski definition) is 5. The lowest BCUT2D eigenvalue weighted by atomic mass is 9.83. The minimum Gasteiger partial charge on any atom is -0.461 e. The highest BCUT2D eigenvalue weighted by Gasteiger charge is 2.42. The fraction of sp³-hybridized carbons (Fsp3) is 0.800. The lowest BCUT2D eigenvalue weighted by molar-refractivity contribution is -0.520. The second-order valence-electron chi connectivity index (χ2n) is 3.88. The van der Waals surface area contributed by atoms with Crippen LogP contribution in [0, 0.1) is 16.0 Å². The van der Waals surface area contributed by atoms with Crippen molar-refractivity contribution in [1.29, 1.82) is 0 Å². The Labute approximate surface area is 93.1 Å². The Balaban J connectivity index is 2.72. The lowest BCUT2D eigenvalue weighted by Crippen LogP contribution is -2.40. The maximum Gasteiger partial charge on any atom is 0.381 e. The van der Waals surface area contributed by atoms with Crippen molar-refractivity contribution in [2.45, 2.75) is 38.6 Å². The van der Waals surface area contributed by atoms with Crippen molar-refractivity contribution in [1.82, 2.24) is 0 Å². The first-order valence-corrected chi connectivity index (χ1v) is 5.38. The molecule has 0 radical (unpaired) electrons. The second-order valence-corrected chi connectivity index (χ2v) is 3.88. The fourth-order valence-corrected chi connectivity index (χ4v) is 2.01. The number of nitro groups is 1. The highest BCUT2D eigenvalue weighted by molar-refractivity contribution is 5.81. The van der Waals surface area contributed by atoms with Crippen LogP contribution in [0.5, 0.6) is 0 Å². The summed E-state index contributed by atoms with van der Waals surface area (Å²) in [5, 5.41) is 10.8. The summed E-state index contributed by atoms with van der Waals surface area (Å²) in [6, 6.07) is -1.39. The van der Waals surface area contributed by atoms with Crippen LogP contribution in [0.3, 0.4) is 0 Å². The van der Waals surface area contributed by atoms with Crippen LogP contribution < -0.4 is 0 Å². The highest BCUT2D eigenvalue weighted by atomic mass is 16.6. The van der Waals surface area contributed by atoms with Crippen molar-refractivity contribution in [2.24, 2.45) is 5.92 Å². The van der Waals surface area contributed by atoms with E-state index in [9.17, 15) is 19.7 Å². The minimum absolute atomic E-state index is 0.00704. The van der Waals surface area contributed by atoms with E-state index in [4.69, 9.17) is 0 Å². The standard InChI is InChI=1S/C10H15NO5/c1-2-16-10(13)9(11(14)15)7-4-3-5-8(12)6-7/h7,9H,2-6H2,1H3. The predicted octanol–water partition coefficient (Wildman–Crippen LogP) is 0.954. The number of nitrogens with zero attached hydrogens (tertiary/aromatic N) is 1. The molecule has 6 heteroatoms. The molecule has 1 aliphatic carbocycles. The molecule has 1 saturated carbocycles. The van der Waals surface area contributed by atoms with Crippen LogP contribution in [-0.2, 0) is 14.3 Å². The van der Waals surface area contributed by atoms with E-state index in [-0.39, 0.29) is 18.8 Å². The van der Waals surface area contributed by atoms with Gasteiger partial charge in [0.1, 0.15) is 5.78 Å². The van der Waals surface area contributed by atoms with E-state index in [1.807, 2.05) is 0 Å². The van der Waals surface area contributed by atoms with Gasteiger partial charge in [-0.3, -0.25) is 14.9 Å². The molecule has 0 N–H and O–H groups in total. The van der Waals surface area contributed by atoms with Gasteiger partial charge in [0, 0.05) is 23.7 Å². The van der Waals surface area contributed by atoms with E-state index < -0.39 is 22.9 Å². The number of ether oxygens (including phenoxy) is 1. The van der Waals surface area contributed by atoms with Gasteiger partial charge >= 0.3 is 12.0 Å². The van der Waals surface area contributed by atoms with E-state index in [0.717, 1.165) is 0 Å². The van der Waals surface area contributed by atoms with Crippen molar-refractivity contribution < 1.29 is 19.2 Å². The molecule has 0 amide bonds. The van der Waals surface area contributed by atoms with Gasteiger partial charge in [0.15, 0.2) is 0 Å². The van der Waals surface area contributed by atoms with Crippen LogP contribution in [0.1, 0.15) is 32.6 Å². The summed E-state index contributed by atoms with van der Waals surface area (Å²) in [4.78, 5) is 32.8. The van der Waals surface area contributed by atoms with E-state index in [1.54, 1.807) is 6.92 Å². The number of carbonyl (C=O) groups is 2. The molecule has 0 aliphatic heterocycles. The normalized spacial score (nSPS) is 22.6. The van der Waals surface area contributed by atoms with Crippen LogP contribution in [0.2, 0.25) is 0 Å². The summed E-state index contributed by atoms with van der Waals surface area (Å²) >= 11 is 0. The molecule has 0 saturated heterocycles. The Morgan fingerprint density at radius 2 is 2.38 bits per heavy atom. The SMILES string of the molecule is CCOC(=O)C(C1CCCC(=O)C1)[N+](=O)[O-]. The lowest BCUT2D eigenvalue weighted by Gasteiger charge is -2.22. The van der Waals surface area contributed by atoms with Crippen molar-refractivity contribution in [3.63, 3.8) is 0 Å². The van der Waals surface area contributed by atoms with Gasteiger partial charge in [-0.05, 0) is 19.8 Å². The first-order chi connectivity index (χ1) is 7.56. The Kier molecular flexibility index (Phi) is 4.39. The molecule has 1 aliphatic rings. The molecule has 0 spiro atoms. The monoisotopic (exact) mass is 229 g/mol. The van der Waals surface area contributed by atoms with Gasteiger partial charge in [-0.15, -0.1) is 0 Å². The van der Waals surface area contributed by atoms with Gasteiger partial charge in [0.05, 0.1) is 6.61 Å². The van der Waals surface area contributed by atoms with E-state index >= 15 is 0 Å². The third-order valence-corrected chi connectivity index (χ3v) is 2.72. The molecule has 0 bridgehead atoms. The summed E-state index contributed by atoms with van der Waals surface area (Å²) in [5.74, 6) is -1.34.